The molecule has 0 bridgehead atoms. The average Bonchev–Trinajstić information content (AvgIpc) is 2.77. The molecule has 0 aliphatic heterocycles. The Morgan fingerprint density at radius 1 is 0.943 bits per heavy atom. The highest BCUT2D eigenvalue weighted by Gasteiger charge is 2.70. The first-order chi connectivity index (χ1) is 16.1. The summed E-state index contributed by atoms with van der Waals surface area (Å²) in [6.07, 6.45) is 8.40. The predicted molar refractivity (Wildman–Crippen MR) is 135 cm³/mol. The molecule has 0 aromatic rings. The van der Waals surface area contributed by atoms with Gasteiger partial charge >= 0.3 is 5.97 Å². The van der Waals surface area contributed by atoms with Gasteiger partial charge in [0.25, 0.3) is 0 Å². The summed E-state index contributed by atoms with van der Waals surface area (Å²) in [5, 5.41) is 42.8. The zero-order valence-corrected chi connectivity index (χ0v) is 22.7. The van der Waals surface area contributed by atoms with E-state index in [4.69, 9.17) is 0 Å². The van der Waals surface area contributed by atoms with Gasteiger partial charge in [-0.05, 0) is 97.2 Å². The van der Waals surface area contributed by atoms with Crippen LogP contribution in [-0.2, 0) is 4.79 Å². The second-order valence-corrected chi connectivity index (χ2v) is 15.1. The van der Waals surface area contributed by atoms with E-state index in [0.717, 1.165) is 51.4 Å². The highest BCUT2D eigenvalue weighted by molar-refractivity contribution is 5.76. The lowest BCUT2D eigenvalue weighted by atomic mass is 9.33. The van der Waals surface area contributed by atoms with Gasteiger partial charge in [0.1, 0.15) is 0 Å². The van der Waals surface area contributed by atoms with Crippen molar-refractivity contribution >= 4 is 5.97 Å². The molecular formula is C30H48O5. The van der Waals surface area contributed by atoms with Crippen LogP contribution in [0.5, 0.6) is 0 Å². The normalized spacial score (nSPS) is 55.0. The minimum atomic E-state index is -0.907. The molecule has 5 aliphatic carbocycles. The van der Waals surface area contributed by atoms with E-state index in [-0.39, 0.29) is 40.1 Å². The fourth-order valence-electron chi connectivity index (χ4n) is 10.8. The van der Waals surface area contributed by atoms with Crippen molar-refractivity contribution in [3.8, 4) is 0 Å². The Balaban J connectivity index is 1.61. The molecule has 0 unspecified atom stereocenters. The molecule has 35 heavy (non-hydrogen) atoms. The van der Waals surface area contributed by atoms with E-state index in [9.17, 15) is 25.2 Å². The van der Waals surface area contributed by atoms with Crippen LogP contribution < -0.4 is 0 Å². The Bertz CT molecular complexity index is 941. The molecular weight excluding hydrogens is 440 g/mol. The maximum Gasteiger partial charge on any atom is 0.310 e. The Labute approximate surface area is 211 Å². The molecule has 0 amide bonds. The number of carbonyl (C=O) groups is 1. The van der Waals surface area contributed by atoms with Crippen molar-refractivity contribution < 1.29 is 25.2 Å². The van der Waals surface area contributed by atoms with Gasteiger partial charge in [0, 0.05) is 5.41 Å². The molecule has 4 fully saturated rings. The lowest BCUT2D eigenvalue weighted by Crippen LogP contribution is -2.68. The maximum absolute atomic E-state index is 12.8. The number of rotatable bonds is 2. The van der Waals surface area contributed by atoms with Gasteiger partial charge < -0.3 is 20.4 Å². The Hall–Kier alpha value is -0.910. The largest absolute Gasteiger partial charge is 0.481 e. The zero-order chi connectivity index (χ0) is 25.8. The molecule has 4 saturated carbocycles. The molecule has 5 nitrogen and oxygen atoms in total. The van der Waals surface area contributed by atoms with Gasteiger partial charge in [-0.25, -0.2) is 0 Å². The number of carboxylic acid groups (broad SMARTS) is 1. The Morgan fingerprint density at radius 2 is 1.60 bits per heavy atom. The van der Waals surface area contributed by atoms with E-state index in [2.05, 4.69) is 40.7 Å². The molecule has 5 aliphatic rings. The minimum absolute atomic E-state index is 0.00698. The van der Waals surface area contributed by atoms with Gasteiger partial charge in [0.15, 0.2) is 0 Å². The van der Waals surface area contributed by atoms with Crippen molar-refractivity contribution in [1.29, 1.82) is 0 Å². The van der Waals surface area contributed by atoms with Crippen LogP contribution >= 0.6 is 0 Å². The molecule has 0 aromatic carbocycles. The molecule has 0 radical (unpaired) electrons. The molecule has 0 saturated heterocycles. The van der Waals surface area contributed by atoms with E-state index in [1.54, 1.807) is 0 Å². The van der Waals surface area contributed by atoms with Crippen LogP contribution in [0.3, 0.4) is 0 Å². The smallest absolute Gasteiger partial charge is 0.310 e. The summed E-state index contributed by atoms with van der Waals surface area (Å²) in [7, 11) is 0. The van der Waals surface area contributed by atoms with Crippen molar-refractivity contribution in [3.63, 3.8) is 0 Å². The monoisotopic (exact) mass is 488 g/mol. The fourth-order valence-corrected chi connectivity index (χ4v) is 10.8. The molecule has 198 valence electrons. The number of hydrogen-bond donors (Lipinski definition) is 4. The minimum Gasteiger partial charge on any atom is -0.481 e. The first kappa shape index (κ1) is 25.7. The van der Waals surface area contributed by atoms with Crippen LogP contribution in [0.4, 0.5) is 0 Å². The third-order valence-electron chi connectivity index (χ3n) is 13.2. The maximum atomic E-state index is 12.8. The highest BCUT2D eigenvalue weighted by Crippen LogP contribution is 2.75. The second kappa shape index (κ2) is 7.57. The van der Waals surface area contributed by atoms with Crippen LogP contribution in [0.15, 0.2) is 11.6 Å². The number of hydrogen-bond acceptors (Lipinski definition) is 4. The number of aliphatic hydroxyl groups is 3. The molecule has 5 rings (SSSR count). The van der Waals surface area contributed by atoms with Crippen molar-refractivity contribution in [2.24, 2.45) is 50.2 Å². The van der Waals surface area contributed by atoms with Gasteiger partial charge in [-0.2, -0.15) is 0 Å². The third kappa shape index (κ3) is 3.07. The summed E-state index contributed by atoms with van der Waals surface area (Å²) in [6.45, 7) is 13.6. The van der Waals surface area contributed by atoms with E-state index in [1.165, 1.54) is 5.57 Å². The van der Waals surface area contributed by atoms with Crippen molar-refractivity contribution in [2.45, 2.75) is 112 Å². The van der Waals surface area contributed by atoms with Gasteiger partial charge in [0.2, 0.25) is 0 Å². The van der Waals surface area contributed by atoms with Crippen LogP contribution in [0.1, 0.15) is 99.3 Å². The quantitative estimate of drug-likeness (QED) is 0.402. The highest BCUT2D eigenvalue weighted by atomic mass is 16.4. The topological polar surface area (TPSA) is 98.0 Å². The molecule has 5 heteroatoms. The Kier molecular flexibility index (Phi) is 5.56. The molecule has 0 spiro atoms. The van der Waals surface area contributed by atoms with Crippen molar-refractivity contribution in [3.05, 3.63) is 11.6 Å². The van der Waals surface area contributed by atoms with E-state index in [1.807, 2.05) is 6.92 Å². The zero-order valence-electron chi connectivity index (χ0n) is 22.7. The summed E-state index contributed by atoms with van der Waals surface area (Å²) >= 11 is 0. The van der Waals surface area contributed by atoms with E-state index < -0.39 is 29.0 Å². The third-order valence-corrected chi connectivity index (χ3v) is 13.2. The SMILES string of the molecule is CC1(C)CC[C@]2(C(=O)O)CC[C@]3(C)C(=CC[C@@H]4[C@@]5(C)C[C@H](O)[C@H](O)[C@@](C)(CO)[C@@H]5CC[C@]43C)[C@H]2C1. The Morgan fingerprint density at radius 3 is 2.23 bits per heavy atom. The number of allylic oxidation sites excluding steroid dienone is 2. The van der Waals surface area contributed by atoms with Crippen LogP contribution in [0.2, 0.25) is 0 Å². The van der Waals surface area contributed by atoms with Crippen molar-refractivity contribution in [2.75, 3.05) is 6.61 Å². The first-order valence-corrected chi connectivity index (χ1v) is 14.0. The summed E-state index contributed by atoms with van der Waals surface area (Å²) in [5.41, 5.74) is -0.0632. The van der Waals surface area contributed by atoms with Gasteiger partial charge in [-0.1, -0.05) is 53.2 Å². The molecule has 0 heterocycles. The van der Waals surface area contributed by atoms with E-state index in [0.29, 0.717) is 12.3 Å². The summed E-state index contributed by atoms with van der Waals surface area (Å²) in [4.78, 5) is 12.8. The number of aliphatic carboxylic acids is 1. The van der Waals surface area contributed by atoms with Crippen molar-refractivity contribution in [1.82, 2.24) is 0 Å². The standard InChI is InChI=1S/C30H48O5/c1-25(2)11-13-30(24(34)35)14-12-28(5)18(19(30)15-25)7-8-22-26(3)16-20(32)23(33)27(4,17-31)21(26)9-10-29(22,28)6/h7,19-23,31-33H,8-17H2,1-6H3,(H,34,35)/t19-,20+,21-,22-,23+,26+,27+,28-,29-,30+/m1/s1. The second-order valence-electron chi connectivity index (χ2n) is 15.1. The lowest BCUT2D eigenvalue weighted by molar-refractivity contribution is -0.243. The number of aliphatic hydroxyl groups excluding tert-OH is 3. The van der Waals surface area contributed by atoms with Crippen LogP contribution in [0, 0.1) is 50.2 Å². The summed E-state index contributed by atoms with van der Waals surface area (Å²) in [5.74, 6) is -0.0472. The van der Waals surface area contributed by atoms with Gasteiger partial charge in [-0.15, -0.1) is 0 Å². The number of carboxylic acids is 1. The van der Waals surface area contributed by atoms with Gasteiger partial charge in [-0.3, -0.25) is 4.79 Å². The van der Waals surface area contributed by atoms with Crippen LogP contribution in [0.25, 0.3) is 0 Å². The molecule has 0 aromatic heterocycles. The fraction of sp³-hybridized carbons (Fsp3) is 0.900. The van der Waals surface area contributed by atoms with E-state index >= 15 is 0 Å². The summed E-state index contributed by atoms with van der Waals surface area (Å²) in [6, 6.07) is 0. The molecule has 10 atom stereocenters. The molecule has 4 N–H and O–H groups in total. The van der Waals surface area contributed by atoms with Crippen LogP contribution in [-0.4, -0.2) is 45.2 Å². The first-order valence-electron chi connectivity index (χ1n) is 14.0. The summed E-state index contributed by atoms with van der Waals surface area (Å²) < 4.78 is 0. The predicted octanol–water partition coefficient (Wildman–Crippen LogP) is 5.18. The number of fused-ring (bicyclic) bond motifs is 7. The van der Waals surface area contributed by atoms with Gasteiger partial charge in [0.05, 0.1) is 24.2 Å². The lowest BCUT2D eigenvalue weighted by Gasteiger charge is -2.71. The average molecular weight is 489 g/mol.